The van der Waals surface area contributed by atoms with Gasteiger partial charge in [-0.3, -0.25) is 67.1 Å². The molecule has 0 saturated carbocycles. The predicted molar refractivity (Wildman–Crippen MR) is 283 cm³/mol. The van der Waals surface area contributed by atoms with Crippen molar-refractivity contribution in [3.63, 3.8) is 0 Å². The zero-order valence-electron chi connectivity index (χ0n) is 46.2. The first-order chi connectivity index (χ1) is 40.4. The number of nitrogens with zero attached hydrogens (tertiary/aromatic N) is 2. The normalized spacial score (nSPS) is 15.1. The first kappa shape index (κ1) is 72.4. The van der Waals surface area contributed by atoms with Crippen LogP contribution < -0.4 is 64.2 Å². The van der Waals surface area contributed by atoms with Gasteiger partial charge in [0.05, 0.1) is 57.6 Å². The third-order valence-electron chi connectivity index (χ3n) is 11.9. The lowest BCUT2D eigenvalue weighted by atomic mass is 10.1. The quantitative estimate of drug-likeness (QED) is 0.0296. The van der Waals surface area contributed by atoms with Gasteiger partial charge in [-0.1, -0.05) is 0 Å². The lowest BCUT2D eigenvalue weighted by Crippen LogP contribution is -2.61. The van der Waals surface area contributed by atoms with E-state index in [2.05, 4.69) is 73.1 Å². The Morgan fingerprint density at radius 1 is 0.465 bits per heavy atom. The predicted octanol–water partition coefficient (Wildman–Crippen LogP) is -11.1. The summed E-state index contributed by atoms with van der Waals surface area (Å²) in [5.41, 5.74) is 5.55. The number of H-pyrrole nitrogens is 2. The second kappa shape index (κ2) is 36.1. The van der Waals surface area contributed by atoms with E-state index in [1.54, 1.807) is 0 Å². The van der Waals surface area contributed by atoms with Gasteiger partial charge in [-0.15, -0.1) is 0 Å². The Labute approximate surface area is 485 Å². The van der Waals surface area contributed by atoms with Crippen molar-refractivity contribution in [2.24, 2.45) is 5.73 Å². The topological polar surface area (TPSA) is 634 Å². The molecule has 0 aromatic carbocycles. The van der Waals surface area contributed by atoms with E-state index in [1.807, 2.05) is 5.32 Å². The molecule has 0 aliphatic carbocycles. The Balaban J connectivity index is 2.31. The summed E-state index contributed by atoms with van der Waals surface area (Å²) >= 11 is 0. The maximum absolute atomic E-state index is 14.0. The number of carboxylic acids is 4. The Bertz CT molecular complexity index is 2710. The highest BCUT2D eigenvalue weighted by Gasteiger charge is 2.37. The number of aromatic nitrogens is 4. The van der Waals surface area contributed by atoms with Gasteiger partial charge >= 0.3 is 23.9 Å². The number of hydrogen-bond donors (Lipinski definition) is 22. The number of amides is 11. The Kier molecular flexibility index (Phi) is 30.4. The van der Waals surface area contributed by atoms with Crippen molar-refractivity contribution < 1.29 is 113 Å². The third kappa shape index (κ3) is 25.4. The van der Waals surface area contributed by atoms with E-state index >= 15 is 0 Å². The highest BCUT2D eigenvalue weighted by atomic mass is 16.4. The van der Waals surface area contributed by atoms with Crippen LogP contribution in [0.3, 0.4) is 0 Å². The summed E-state index contributed by atoms with van der Waals surface area (Å²) < 4.78 is 0. The summed E-state index contributed by atoms with van der Waals surface area (Å²) in [5.74, 6) is -19.5. The molecular weight excluding hydrogens is 1160 g/mol. The third-order valence-corrected chi connectivity index (χ3v) is 11.9. The van der Waals surface area contributed by atoms with Crippen LogP contribution in [0.25, 0.3) is 0 Å². The van der Waals surface area contributed by atoms with Gasteiger partial charge in [0, 0.05) is 49.5 Å². The van der Waals surface area contributed by atoms with Gasteiger partial charge in [-0.2, -0.15) is 0 Å². The Morgan fingerprint density at radius 3 is 1.30 bits per heavy atom. The number of nitrogens with one attached hydrogen (secondary N) is 13. The summed E-state index contributed by atoms with van der Waals surface area (Å²) in [7, 11) is 0. The van der Waals surface area contributed by atoms with Crippen LogP contribution in [-0.2, 0) is 84.8 Å². The van der Waals surface area contributed by atoms with Gasteiger partial charge in [-0.05, 0) is 33.6 Å². The Hall–Kier alpha value is -9.73. The van der Waals surface area contributed by atoms with Crippen LogP contribution in [0.15, 0.2) is 25.0 Å². The molecule has 2 aromatic rings. The molecule has 2 rings (SSSR count). The second-order valence-corrected chi connectivity index (χ2v) is 18.9. The maximum Gasteiger partial charge on any atom is 0.328 e. The molecule has 2 heterocycles. The number of aromatic amines is 2. The lowest BCUT2D eigenvalue weighted by Gasteiger charge is -2.27. The molecule has 0 unspecified atom stereocenters. The summed E-state index contributed by atoms with van der Waals surface area (Å²) in [5, 5.41) is 101. The van der Waals surface area contributed by atoms with E-state index in [4.69, 9.17) is 5.73 Å². The molecule has 23 N–H and O–H groups in total. The number of nitrogens with two attached hydrogens (primary N) is 1. The molecule has 2 aromatic heterocycles. The number of carboxylic acid groups (broad SMARTS) is 4. The molecule has 0 aliphatic heterocycles. The molecule has 0 saturated heterocycles. The van der Waals surface area contributed by atoms with Crippen LogP contribution in [0.5, 0.6) is 0 Å². The molecule has 11 amide bonds. The number of rotatable bonds is 39. The highest BCUT2D eigenvalue weighted by Crippen LogP contribution is 2.08. The van der Waals surface area contributed by atoms with Crippen molar-refractivity contribution in [2.75, 3.05) is 26.3 Å². The first-order valence-electron chi connectivity index (χ1n) is 25.8. The number of aliphatic hydroxyl groups is 4. The number of carbonyl (C=O) groups excluding carboxylic acids is 11. The molecule has 0 fully saturated rings. The van der Waals surface area contributed by atoms with Gasteiger partial charge in [0.2, 0.25) is 65.0 Å². The number of hydrogen-bond acceptors (Lipinski definition) is 22. The van der Waals surface area contributed by atoms with E-state index in [1.165, 1.54) is 18.7 Å². The van der Waals surface area contributed by atoms with Gasteiger partial charge in [0.1, 0.15) is 54.4 Å². The molecule has 0 aliphatic rings. The summed E-state index contributed by atoms with van der Waals surface area (Å²) in [6, 6.07) is -18.1. The SMILES string of the molecule is C[C@H](NC(=O)[C@H](CCC(=O)O)NC(=O)[C@H](CO)NC(=O)CN)C(=O)N[C@@H](CC(=O)O)C(=O)N[C@@H](Cc1cnc[nH]1)C(=O)N[C@@H](CCC(=O)O)C(=O)NCC(=O)N[C@H](C(=O)N[C@@H](Cc1cnc[nH]1)C(=O)N[C@@H](CO)C(=O)N[C@H](C(=O)O)[C@@H](C)O)[C@@H](C)O. The van der Waals surface area contributed by atoms with E-state index in [0.29, 0.717) is 0 Å². The zero-order chi connectivity index (χ0) is 65.0. The fourth-order valence-electron chi connectivity index (χ4n) is 7.34. The van der Waals surface area contributed by atoms with E-state index in [9.17, 15) is 113 Å². The van der Waals surface area contributed by atoms with Crippen molar-refractivity contribution in [2.45, 2.75) is 138 Å². The van der Waals surface area contributed by atoms with Gasteiger partial charge in [-0.25, -0.2) is 14.8 Å². The van der Waals surface area contributed by atoms with Crippen molar-refractivity contribution in [1.82, 2.24) is 78.4 Å². The van der Waals surface area contributed by atoms with Gasteiger partial charge in [0.25, 0.3) is 0 Å². The molecular formula is C47H70N16O23. The van der Waals surface area contributed by atoms with Crippen molar-refractivity contribution in [3.8, 4) is 0 Å². The molecule has 0 bridgehead atoms. The van der Waals surface area contributed by atoms with Crippen LogP contribution >= 0.6 is 0 Å². The van der Waals surface area contributed by atoms with Crippen LogP contribution in [0.4, 0.5) is 0 Å². The molecule has 0 spiro atoms. The maximum atomic E-state index is 14.0. The van der Waals surface area contributed by atoms with Gasteiger partial charge in [0.15, 0.2) is 6.04 Å². The minimum atomic E-state index is -2.05. The van der Waals surface area contributed by atoms with Crippen molar-refractivity contribution >= 4 is 88.9 Å². The fourth-order valence-corrected chi connectivity index (χ4v) is 7.34. The van der Waals surface area contributed by atoms with Crippen molar-refractivity contribution in [1.29, 1.82) is 0 Å². The Morgan fingerprint density at radius 2 is 0.872 bits per heavy atom. The number of aliphatic carboxylic acids is 4. The molecule has 86 heavy (non-hydrogen) atoms. The molecule has 0 radical (unpaired) electrons. The van der Waals surface area contributed by atoms with E-state index in [-0.39, 0.29) is 11.4 Å². The average Bonchev–Trinajstić information content (AvgIpc) is 3.24. The zero-order valence-corrected chi connectivity index (χ0v) is 46.2. The van der Waals surface area contributed by atoms with Crippen LogP contribution in [0.1, 0.15) is 64.3 Å². The second-order valence-electron chi connectivity index (χ2n) is 18.9. The number of aliphatic hydroxyl groups excluding tert-OH is 4. The fraction of sp³-hybridized carbons (Fsp3) is 0.553. The minimum absolute atomic E-state index is 0.131. The molecule has 12 atom stereocenters. The number of imidazole rings is 2. The largest absolute Gasteiger partial charge is 0.481 e. The highest BCUT2D eigenvalue weighted by molar-refractivity contribution is 5.99. The first-order valence-corrected chi connectivity index (χ1v) is 25.8. The monoisotopic (exact) mass is 1230 g/mol. The smallest absolute Gasteiger partial charge is 0.328 e. The summed E-state index contributed by atoms with van der Waals surface area (Å²) in [6.45, 7) is -0.615. The molecule has 39 nitrogen and oxygen atoms in total. The minimum Gasteiger partial charge on any atom is -0.481 e. The standard InChI is InChI=1S/C47H70N16O23/c1-19(54-40(78)25(5-7-34(72)73)57-44(82)29(15-64)55-31(68)11-48)38(76)58-28(10-35(74)75)43(81)59-26(8-22-12-49-17-52-22)41(79)56-24(4-6-33(70)71)39(77)51-14-32(69)62-36(20(2)66)46(84)60-27(9-23-13-50-18-53-23)42(80)61-30(16-65)45(83)63-37(21(3)67)47(85)86/h12-13,17-21,24-30,36-37,64-67H,4-11,14-16,48H2,1-3H3,(H,49,52)(H,50,53)(H,51,77)(H,54,78)(H,55,68)(H,56,79)(H,57,82)(H,58,76)(H,59,81)(H,60,84)(H,61,80)(H,62,69)(H,63,83)(H,70,71)(H,72,73)(H,74,75)(H,85,86)/t19-,20+,21+,24-,25-,26-,27-,28-,29-,30-,36-,37-/m0/s1. The average molecular weight is 1230 g/mol. The van der Waals surface area contributed by atoms with Crippen molar-refractivity contribution in [3.05, 3.63) is 36.4 Å². The van der Waals surface area contributed by atoms with E-state index < -0.39 is 233 Å². The van der Waals surface area contributed by atoms with Crippen LogP contribution in [0, 0.1) is 0 Å². The van der Waals surface area contributed by atoms with Gasteiger partial charge < -0.3 is 115 Å². The molecule has 476 valence electrons. The van der Waals surface area contributed by atoms with Crippen LogP contribution in [0.2, 0.25) is 0 Å². The van der Waals surface area contributed by atoms with E-state index in [0.717, 1.165) is 27.1 Å². The molecule has 39 heteroatoms. The lowest BCUT2D eigenvalue weighted by molar-refractivity contribution is -0.145. The summed E-state index contributed by atoms with van der Waals surface area (Å²) in [4.78, 5) is 205. The summed E-state index contributed by atoms with van der Waals surface area (Å²) in [6.07, 6.45) is -3.48. The van der Waals surface area contributed by atoms with Crippen LogP contribution in [-0.4, -0.2) is 249 Å². The number of carbonyl (C=O) groups is 15.